The second-order valence-corrected chi connectivity index (χ2v) is 22.6. The molecule has 4 aromatic rings. The number of fused-ring (bicyclic) bond motifs is 1. The lowest BCUT2D eigenvalue weighted by Crippen LogP contribution is -2.59. The molecule has 11 amide bonds. The molecule has 0 saturated heterocycles. The summed E-state index contributed by atoms with van der Waals surface area (Å²) >= 11 is 1.28. The first-order chi connectivity index (χ1) is 44.6. The molecule has 508 valence electrons. The predicted molar refractivity (Wildman–Crippen MR) is 335 cm³/mol. The number of carboxylic acids is 4. The molecule has 0 bridgehead atoms. The number of para-hydroxylation sites is 1. The maximum atomic E-state index is 14.5. The van der Waals surface area contributed by atoms with Gasteiger partial charge in [0.25, 0.3) is 0 Å². The van der Waals surface area contributed by atoms with Crippen molar-refractivity contribution in [2.24, 2.45) is 5.73 Å². The number of H-pyrrole nitrogens is 1. The van der Waals surface area contributed by atoms with Crippen LogP contribution < -0.4 is 58.9 Å². The second-order valence-electron chi connectivity index (χ2n) is 21.6. The number of phenols is 1. The van der Waals surface area contributed by atoms with E-state index in [-0.39, 0.29) is 43.6 Å². The average Bonchev–Trinajstić information content (AvgIpc) is 2.20. The minimum absolute atomic E-state index is 0.0668. The van der Waals surface area contributed by atoms with Crippen LogP contribution >= 0.6 is 11.8 Å². The van der Waals surface area contributed by atoms with Gasteiger partial charge in [-0.3, -0.25) is 71.9 Å². The summed E-state index contributed by atoms with van der Waals surface area (Å²) in [6, 6.07) is 6.50. The molecule has 0 saturated carbocycles. The molecule has 0 aliphatic rings. The van der Waals surface area contributed by atoms with Crippen LogP contribution in [-0.2, 0) is 91.2 Å². The fourth-order valence-electron chi connectivity index (χ4n) is 9.25. The quantitative estimate of drug-likeness (QED) is 0.0231. The number of thioether (sulfide) groups is 1. The van der Waals surface area contributed by atoms with Gasteiger partial charge in [0.15, 0.2) is 0 Å². The van der Waals surface area contributed by atoms with Gasteiger partial charge in [-0.25, -0.2) is 0 Å². The van der Waals surface area contributed by atoms with E-state index >= 15 is 0 Å². The molecule has 0 radical (unpaired) electrons. The Morgan fingerprint density at radius 1 is 0.468 bits per heavy atom. The number of primary amides is 1. The smallest absolute Gasteiger partial charge is 0.305 e. The molecule has 4 rings (SSSR count). The van der Waals surface area contributed by atoms with E-state index in [4.69, 9.17) is 5.73 Å². The van der Waals surface area contributed by atoms with Gasteiger partial charge in [-0.1, -0.05) is 67.6 Å². The lowest BCUT2D eigenvalue weighted by Gasteiger charge is -2.26. The molecule has 0 unspecified atom stereocenters. The Balaban J connectivity index is 1.56. The second kappa shape index (κ2) is 38.3. The average molecular weight is 1330 g/mol. The van der Waals surface area contributed by atoms with Crippen LogP contribution in [0.25, 0.3) is 10.9 Å². The Kier molecular flexibility index (Phi) is 30.9. The number of nitrogens with two attached hydrogens (primary N) is 1. The van der Waals surface area contributed by atoms with Gasteiger partial charge < -0.3 is 89.4 Å². The van der Waals surface area contributed by atoms with E-state index in [1.165, 1.54) is 43.0 Å². The van der Waals surface area contributed by atoms with Crippen LogP contribution in [0.5, 0.6) is 5.75 Å². The van der Waals surface area contributed by atoms with Crippen LogP contribution in [0, 0.1) is 0 Å². The number of carbonyl (C=O) groups is 15. The van der Waals surface area contributed by atoms with E-state index in [0.717, 1.165) is 6.92 Å². The Morgan fingerprint density at radius 3 is 1.44 bits per heavy atom. The van der Waals surface area contributed by atoms with E-state index in [0.29, 0.717) is 27.6 Å². The van der Waals surface area contributed by atoms with Crippen LogP contribution in [0.2, 0.25) is 0 Å². The number of benzene rings is 3. The zero-order valence-corrected chi connectivity index (χ0v) is 52.3. The zero-order valence-electron chi connectivity index (χ0n) is 51.5. The van der Waals surface area contributed by atoms with E-state index < -0.39 is 195 Å². The molecule has 1 aromatic heterocycles. The summed E-state index contributed by atoms with van der Waals surface area (Å²) < 4.78 is 0. The summed E-state index contributed by atoms with van der Waals surface area (Å²) in [5, 5.41) is 72.5. The maximum absolute atomic E-state index is 14.5. The number of carboxylic acid groups (broad SMARTS) is 4. The highest BCUT2D eigenvalue weighted by molar-refractivity contribution is 7.98. The predicted octanol–water partition coefficient (Wildman–Crippen LogP) is -1.88. The summed E-state index contributed by atoms with van der Waals surface area (Å²) in [6.45, 7) is 1.73. The molecule has 0 aliphatic heterocycles. The molecule has 0 aliphatic carbocycles. The van der Waals surface area contributed by atoms with Gasteiger partial charge in [-0.05, 0) is 79.5 Å². The molecule has 1 heterocycles. The highest BCUT2D eigenvalue weighted by Crippen LogP contribution is 2.20. The molecular weight excluding hydrogens is 1250 g/mol. The van der Waals surface area contributed by atoms with Gasteiger partial charge in [0.2, 0.25) is 65.0 Å². The SMILES string of the molecule is CCC(=O)N[C@@H](CCC(=O)O)C(=O)N[C@@H](CCC(=O)O)C(=O)N[C@@H](CCC(=O)O)C(=O)N[C@@H](C)C(=O)N[C@@H](Cc1ccc(O)cc1)C(=O)NCC(=O)N[C@@H](Cc1c[nH]c2ccccc12)C(=O)N[C@@H](CCSC)C(=O)N[C@@H](CC(=O)O)C(=O)N[C@@H](Cc1ccccc1)C(N)=O. The van der Waals surface area contributed by atoms with E-state index in [1.54, 1.807) is 67.0 Å². The van der Waals surface area contributed by atoms with Crippen molar-refractivity contribution in [1.82, 2.24) is 58.2 Å². The standard InChI is InChI=1S/C61H78N12O20S/c1-4-47(75)66-39(18-21-49(77)78)57(89)69-41(20-23-51(81)82)58(90)68-40(19-22-50(79)80)56(88)65-32(2)54(86)72-44(27-34-14-16-36(74)17-15-34)55(87)64-31-48(76)67-45(28-35-30-63-38-13-9-8-12-37(35)38)60(92)70-42(24-25-94-3)59(91)73-46(29-52(83)84)61(93)71-43(53(62)85)26-33-10-6-5-7-11-33/h5-17,30,32,39-46,63,74H,4,18-29,31H2,1-3H3,(H2,62,85)(H,64,87)(H,65,88)(H,66,75)(H,67,76)(H,68,90)(H,69,89)(H,70,92)(H,71,93)(H,72,86)(H,73,91)(H,77,78)(H,79,80)(H,81,82)(H,83,84)/t32-,39-,40-,41-,42-,43-,44-,45-,46-/m0/s1. The highest BCUT2D eigenvalue weighted by Gasteiger charge is 2.35. The number of rotatable bonds is 41. The Labute approximate surface area is 542 Å². The fourth-order valence-corrected chi connectivity index (χ4v) is 9.72. The molecule has 94 heavy (non-hydrogen) atoms. The normalized spacial score (nSPS) is 13.8. The van der Waals surface area contributed by atoms with Crippen molar-refractivity contribution in [2.45, 2.75) is 145 Å². The van der Waals surface area contributed by atoms with Crippen molar-refractivity contribution in [1.29, 1.82) is 0 Å². The maximum Gasteiger partial charge on any atom is 0.305 e. The third kappa shape index (κ3) is 26.3. The van der Waals surface area contributed by atoms with Gasteiger partial charge in [0.1, 0.15) is 60.1 Å². The van der Waals surface area contributed by atoms with Crippen molar-refractivity contribution in [3.63, 3.8) is 0 Å². The molecule has 33 heteroatoms. The van der Waals surface area contributed by atoms with Gasteiger partial charge in [-0.15, -0.1) is 0 Å². The van der Waals surface area contributed by atoms with E-state index in [2.05, 4.69) is 58.2 Å². The summed E-state index contributed by atoms with van der Waals surface area (Å²) in [4.78, 5) is 200. The van der Waals surface area contributed by atoms with Crippen LogP contribution in [0.15, 0.2) is 85.1 Å². The lowest BCUT2D eigenvalue weighted by molar-refractivity contribution is -0.141. The van der Waals surface area contributed by atoms with Crippen molar-refractivity contribution >= 4 is 112 Å². The summed E-state index contributed by atoms with van der Waals surface area (Å²) in [6.07, 6.45) is -2.26. The Hall–Kier alpha value is -10.6. The molecule has 3 aromatic carbocycles. The number of hydrogen-bond donors (Lipinski definition) is 17. The van der Waals surface area contributed by atoms with Crippen LogP contribution in [0.1, 0.15) is 88.3 Å². The first-order valence-electron chi connectivity index (χ1n) is 29.6. The van der Waals surface area contributed by atoms with Crippen molar-refractivity contribution in [3.05, 3.63) is 102 Å². The molecule has 0 fully saturated rings. The van der Waals surface area contributed by atoms with E-state index in [1.807, 2.05) is 0 Å². The summed E-state index contributed by atoms with van der Waals surface area (Å²) in [5.41, 5.74) is 7.72. The third-order valence-electron chi connectivity index (χ3n) is 14.3. The van der Waals surface area contributed by atoms with Crippen LogP contribution in [-0.4, -0.2) is 192 Å². The summed E-state index contributed by atoms with van der Waals surface area (Å²) in [5.74, 6) is -16.8. The first kappa shape index (κ1) is 75.9. The monoisotopic (exact) mass is 1330 g/mol. The molecular formula is C61H78N12O20S. The molecule has 9 atom stereocenters. The molecule has 32 nitrogen and oxygen atoms in total. The number of amides is 11. The number of carbonyl (C=O) groups excluding carboxylic acids is 11. The number of aliphatic carboxylic acids is 4. The van der Waals surface area contributed by atoms with Gasteiger partial charge in [0.05, 0.1) is 13.0 Å². The van der Waals surface area contributed by atoms with Gasteiger partial charge in [0, 0.05) is 62.0 Å². The van der Waals surface area contributed by atoms with Crippen LogP contribution in [0.3, 0.4) is 0 Å². The van der Waals surface area contributed by atoms with Crippen molar-refractivity contribution < 1.29 is 97.5 Å². The third-order valence-corrected chi connectivity index (χ3v) is 15.0. The van der Waals surface area contributed by atoms with Gasteiger partial charge >= 0.3 is 23.9 Å². The molecule has 18 N–H and O–H groups in total. The number of aromatic hydroxyl groups is 1. The number of aromatic amines is 1. The number of nitrogens with one attached hydrogen (secondary N) is 11. The number of hydrogen-bond acceptors (Lipinski definition) is 17. The zero-order chi connectivity index (χ0) is 69.6. The number of phenolic OH excluding ortho intramolecular Hbond substituents is 1. The van der Waals surface area contributed by atoms with Crippen molar-refractivity contribution in [3.8, 4) is 5.75 Å². The highest BCUT2D eigenvalue weighted by atomic mass is 32.2. The topological polar surface area (TPSA) is 519 Å². The first-order valence-corrected chi connectivity index (χ1v) is 31.0. The molecule has 0 spiro atoms. The Morgan fingerprint density at radius 2 is 0.904 bits per heavy atom. The van der Waals surface area contributed by atoms with Crippen LogP contribution in [0.4, 0.5) is 0 Å². The Bertz CT molecular complexity index is 3370. The number of aromatic nitrogens is 1. The lowest BCUT2D eigenvalue weighted by atomic mass is 10.0. The minimum Gasteiger partial charge on any atom is -0.508 e. The minimum atomic E-state index is -1.79. The summed E-state index contributed by atoms with van der Waals surface area (Å²) in [7, 11) is 0. The van der Waals surface area contributed by atoms with Gasteiger partial charge in [-0.2, -0.15) is 11.8 Å². The fraction of sp³-hybridized carbons (Fsp3) is 0.426. The van der Waals surface area contributed by atoms with E-state index in [9.17, 15) is 97.5 Å². The largest absolute Gasteiger partial charge is 0.508 e. The van der Waals surface area contributed by atoms with Crippen molar-refractivity contribution in [2.75, 3.05) is 18.6 Å².